The fourth-order valence-corrected chi connectivity index (χ4v) is 2.30. The lowest BCUT2D eigenvalue weighted by atomic mass is 10.2. The lowest BCUT2D eigenvalue weighted by Crippen LogP contribution is -2.45. The molecule has 0 aromatic heterocycles. The first-order valence-corrected chi connectivity index (χ1v) is 6.24. The Morgan fingerprint density at radius 3 is 2.50 bits per heavy atom. The van der Waals surface area contributed by atoms with E-state index in [2.05, 4.69) is 39.0 Å². The summed E-state index contributed by atoms with van der Waals surface area (Å²) in [6, 6.07) is 8.28. The standard InChI is InChI=1S/C12H15BrN2O/c13-12-4-2-1-3-11(12)9-14-5-7-15(10-16)8-6-14/h1-4,10H,5-9H2. The van der Waals surface area contributed by atoms with Crippen LogP contribution in [0.2, 0.25) is 0 Å². The van der Waals surface area contributed by atoms with Crippen LogP contribution in [-0.4, -0.2) is 42.4 Å². The van der Waals surface area contributed by atoms with Crippen LogP contribution in [0.5, 0.6) is 0 Å². The highest BCUT2D eigenvalue weighted by molar-refractivity contribution is 9.10. The first-order chi connectivity index (χ1) is 7.79. The van der Waals surface area contributed by atoms with Crippen molar-refractivity contribution in [2.75, 3.05) is 26.2 Å². The Morgan fingerprint density at radius 2 is 1.88 bits per heavy atom. The quantitative estimate of drug-likeness (QED) is 0.789. The zero-order chi connectivity index (χ0) is 11.4. The normalized spacial score (nSPS) is 17.4. The van der Waals surface area contributed by atoms with Gasteiger partial charge in [-0.25, -0.2) is 0 Å². The van der Waals surface area contributed by atoms with E-state index in [1.165, 1.54) is 5.56 Å². The van der Waals surface area contributed by atoms with Crippen LogP contribution in [0.3, 0.4) is 0 Å². The maximum absolute atomic E-state index is 10.6. The second-order valence-electron chi connectivity index (χ2n) is 4.01. The van der Waals surface area contributed by atoms with Crippen molar-refractivity contribution < 1.29 is 4.79 Å². The number of benzene rings is 1. The van der Waals surface area contributed by atoms with Crippen molar-refractivity contribution in [3.05, 3.63) is 34.3 Å². The summed E-state index contributed by atoms with van der Waals surface area (Å²) >= 11 is 3.56. The SMILES string of the molecule is O=CN1CCN(Cc2ccccc2Br)CC1. The predicted molar refractivity (Wildman–Crippen MR) is 67.1 cm³/mol. The van der Waals surface area contributed by atoms with Crippen LogP contribution in [0.15, 0.2) is 28.7 Å². The number of rotatable bonds is 3. The smallest absolute Gasteiger partial charge is 0.209 e. The Morgan fingerprint density at radius 1 is 1.19 bits per heavy atom. The van der Waals surface area contributed by atoms with E-state index in [0.717, 1.165) is 43.6 Å². The minimum absolute atomic E-state index is 0.841. The van der Waals surface area contributed by atoms with E-state index in [0.29, 0.717) is 0 Å². The number of hydrogen-bond acceptors (Lipinski definition) is 2. The monoisotopic (exact) mass is 282 g/mol. The van der Waals surface area contributed by atoms with Crippen LogP contribution in [0.25, 0.3) is 0 Å². The highest BCUT2D eigenvalue weighted by atomic mass is 79.9. The van der Waals surface area contributed by atoms with Crippen LogP contribution >= 0.6 is 15.9 Å². The first kappa shape index (κ1) is 11.6. The molecule has 0 saturated carbocycles. The van der Waals surface area contributed by atoms with Gasteiger partial charge in [-0.05, 0) is 11.6 Å². The molecule has 3 nitrogen and oxygen atoms in total. The van der Waals surface area contributed by atoms with Gasteiger partial charge in [0.2, 0.25) is 6.41 Å². The average Bonchev–Trinajstić information content (AvgIpc) is 2.33. The second-order valence-corrected chi connectivity index (χ2v) is 4.86. The topological polar surface area (TPSA) is 23.6 Å². The van der Waals surface area contributed by atoms with Gasteiger partial charge in [0.05, 0.1) is 0 Å². The lowest BCUT2D eigenvalue weighted by Gasteiger charge is -2.32. The summed E-state index contributed by atoms with van der Waals surface area (Å²) < 4.78 is 1.16. The summed E-state index contributed by atoms with van der Waals surface area (Å²) in [6.45, 7) is 4.55. The zero-order valence-electron chi connectivity index (χ0n) is 9.10. The third-order valence-electron chi connectivity index (χ3n) is 2.91. The molecule has 0 aliphatic carbocycles. The molecule has 0 radical (unpaired) electrons. The summed E-state index contributed by atoms with van der Waals surface area (Å²) in [5, 5.41) is 0. The molecule has 1 aliphatic heterocycles. The molecule has 0 unspecified atom stereocenters. The molecule has 1 heterocycles. The van der Waals surface area contributed by atoms with E-state index >= 15 is 0 Å². The number of nitrogens with zero attached hydrogens (tertiary/aromatic N) is 2. The molecule has 0 N–H and O–H groups in total. The van der Waals surface area contributed by atoms with Crippen molar-refractivity contribution in [1.82, 2.24) is 9.80 Å². The van der Waals surface area contributed by atoms with E-state index in [1.807, 2.05) is 11.0 Å². The van der Waals surface area contributed by atoms with Crippen LogP contribution in [0.4, 0.5) is 0 Å². The summed E-state index contributed by atoms with van der Waals surface area (Å²) in [5.74, 6) is 0. The summed E-state index contributed by atoms with van der Waals surface area (Å²) in [7, 11) is 0. The van der Waals surface area contributed by atoms with Crippen LogP contribution < -0.4 is 0 Å². The Hall–Kier alpha value is -0.870. The Bertz CT molecular complexity index is 362. The molecule has 1 aromatic carbocycles. The second kappa shape index (κ2) is 5.46. The number of amides is 1. The fraction of sp³-hybridized carbons (Fsp3) is 0.417. The molecule has 4 heteroatoms. The van der Waals surface area contributed by atoms with E-state index in [4.69, 9.17) is 0 Å². The minimum Gasteiger partial charge on any atom is -0.343 e. The van der Waals surface area contributed by atoms with Gasteiger partial charge in [-0.15, -0.1) is 0 Å². The molecule has 86 valence electrons. The molecule has 1 aromatic rings. The number of carbonyl (C=O) groups excluding carboxylic acids is 1. The number of hydrogen-bond donors (Lipinski definition) is 0. The molecule has 0 atom stereocenters. The van der Waals surface area contributed by atoms with Crippen LogP contribution in [-0.2, 0) is 11.3 Å². The lowest BCUT2D eigenvalue weighted by molar-refractivity contribution is -0.119. The Balaban J connectivity index is 1.92. The number of carbonyl (C=O) groups is 1. The highest BCUT2D eigenvalue weighted by Gasteiger charge is 2.15. The van der Waals surface area contributed by atoms with Gasteiger partial charge in [-0.1, -0.05) is 34.1 Å². The first-order valence-electron chi connectivity index (χ1n) is 5.44. The molecule has 0 spiro atoms. The molecule has 0 bridgehead atoms. The maximum Gasteiger partial charge on any atom is 0.209 e. The average molecular weight is 283 g/mol. The van der Waals surface area contributed by atoms with Gasteiger partial charge in [0.1, 0.15) is 0 Å². The van der Waals surface area contributed by atoms with E-state index in [1.54, 1.807) is 0 Å². The van der Waals surface area contributed by atoms with Gasteiger partial charge in [0.15, 0.2) is 0 Å². The molecule has 1 saturated heterocycles. The molecule has 1 fully saturated rings. The van der Waals surface area contributed by atoms with E-state index in [9.17, 15) is 4.79 Å². The third kappa shape index (κ3) is 2.83. The third-order valence-corrected chi connectivity index (χ3v) is 3.68. The summed E-state index contributed by atoms with van der Waals surface area (Å²) in [6.07, 6.45) is 0.940. The van der Waals surface area contributed by atoms with Gasteiger partial charge in [-0.2, -0.15) is 0 Å². The zero-order valence-corrected chi connectivity index (χ0v) is 10.7. The van der Waals surface area contributed by atoms with Crippen molar-refractivity contribution in [1.29, 1.82) is 0 Å². The minimum atomic E-state index is 0.841. The van der Waals surface area contributed by atoms with Crippen molar-refractivity contribution in [2.24, 2.45) is 0 Å². The molecule has 1 amide bonds. The molecule has 1 aliphatic rings. The van der Waals surface area contributed by atoms with Crippen LogP contribution in [0, 0.1) is 0 Å². The number of piperazine rings is 1. The predicted octanol–water partition coefficient (Wildman–Crippen LogP) is 1.72. The summed E-state index contributed by atoms with van der Waals surface area (Å²) in [5.41, 5.74) is 1.31. The van der Waals surface area contributed by atoms with Crippen molar-refractivity contribution in [3.63, 3.8) is 0 Å². The largest absolute Gasteiger partial charge is 0.343 e. The molecule has 16 heavy (non-hydrogen) atoms. The van der Waals surface area contributed by atoms with Crippen molar-refractivity contribution in [2.45, 2.75) is 6.54 Å². The van der Waals surface area contributed by atoms with Gasteiger partial charge in [0.25, 0.3) is 0 Å². The molecular weight excluding hydrogens is 268 g/mol. The van der Waals surface area contributed by atoms with E-state index < -0.39 is 0 Å². The van der Waals surface area contributed by atoms with Crippen LogP contribution in [0.1, 0.15) is 5.56 Å². The number of halogens is 1. The Labute approximate surface area is 104 Å². The molecule has 2 rings (SSSR count). The van der Waals surface area contributed by atoms with Gasteiger partial charge >= 0.3 is 0 Å². The molecular formula is C12H15BrN2O. The summed E-state index contributed by atoms with van der Waals surface area (Å²) in [4.78, 5) is 14.8. The Kier molecular flexibility index (Phi) is 3.96. The van der Waals surface area contributed by atoms with Gasteiger partial charge in [0, 0.05) is 37.2 Å². The van der Waals surface area contributed by atoms with Gasteiger partial charge < -0.3 is 4.90 Å². The van der Waals surface area contributed by atoms with E-state index in [-0.39, 0.29) is 0 Å². The highest BCUT2D eigenvalue weighted by Crippen LogP contribution is 2.18. The van der Waals surface area contributed by atoms with Gasteiger partial charge in [-0.3, -0.25) is 9.69 Å². The fourth-order valence-electron chi connectivity index (χ4n) is 1.89. The van der Waals surface area contributed by atoms with Crippen molar-refractivity contribution in [3.8, 4) is 0 Å². The maximum atomic E-state index is 10.6. The van der Waals surface area contributed by atoms with Crippen molar-refractivity contribution >= 4 is 22.3 Å².